The number of nitrogens with one attached hydrogen (secondary N) is 1. The van der Waals surface area contributed by atoms with E-state index in [1.165, 1.54) is 24.3 Å². The number of hydrogen-bond acceptors (Lipinski definition) is 2. The monoisotopic (exact) mass is 393 g/mol. The zero-order valence-corrected chi connectivity index (χ0v) is 14.2. The smallest absolute Gasteiger partial charge is 0.263 e. The van der Waals surface area contributed by atoms with Gasteiger partial charge in [-0.05, 0) is 58.7 Å². The largest absolute Gasteiger partial charge is 0.279 e. The third-order valence-corrected chi connectivity index (χ3v) is 5.29. The normalized spacial score (nSPS) is 11.4. The predicted molar refractivity (Wildman–Crippen MR) is 86.1 cm³/mol. The average molecular weight is 395 g/mol. The van der Waals surface area contributed by atoms with E-state index in [4.69, 9.17) is 23.2 Å². The van der Waals surface area contributed by atoms with Crippen LogP contribution in [-0.2, 0) is 10.0 Å². The molecule has 20 heavy (non-hydrogen) atoms. The van der Waals surface area contributed by atoms with Crippen molar-refractivity contribution in [1.82, 2.24) is 0 Å². The van der Waals surface area contributed by atoms with E-state index in [1.54, 1.807) is 12.1 Å². The zero-order valence-electron chi connectivity index (χ0n) is 10.3. The molecule has 3 nitrogen and oxygen atoms in total. The van der Waals surface area contributed by atoms with Crippen LogP contribution in [0.3, 0.4) is 0 Å². The Labute approximate surface area is 136 Å². The molecule has 0 amide bonds. The van der Waals surface area contributed by atoms with Gasteiger partial charge in [0.2, 0.25) is 0 Å². The number of rotatable bonds is 3. The van der Waals surface area contributed by atoms with Crippen LogP contribution in [0.25, 0.3) is 0 Å². The maximum atomic E-state index is 12.3. The first kappa shape index (κ1) is 15.6. The van der Waals surface area contributed by atoms with Gasteiger partial charge in [-0.15, -0.1) is 0 Å². The summed E-state index contributed by atoms with van der Waals surface area (Å²) in [4.78, 5) is 0.152. The maximum absolute atomic E-state index is 12.3. The molecule has 2 aromatic rings. The quantitative estimate of drug-likeness (QED) is 0.807. The Hall–Kier alpha value is -0.750. The topological polar surface area (TPSA) is 46.2 Å². The van der Waals surface area contributed by atoms with Crippen molar-refractivity contribution in [3.05, 3.63) is 56.5 Å². The summed E-state index contributed by atoms with van der Waals surface area (Å²) in [5.41, 5.74) is 1.27. The molecule has 0 radical (unpaired) electrons. The molecule has 0 aromatic heterocycles. The number of hydrogen-bond donors (Lipinski definition) is 1. The molecule has 0 aliphatic rings. The van der Waals surface area contributed by atoms with Crippen molar-refractivity contribution in [3.8, 4) is 0 Å². The van der Waals surface area contributed by atoms with Crippen LogP contribution in [0, 0.1) is 6.92 Å². The van der Waals surface area contributed by atoms with Crippen LogP contribution in [0.2, 0.25) is 10.0 Å². The van der Waals surface area contributed by atoms with E-state index >= 15 is 0 Å². The standard InChI is InChI=1S/C13H10BrCl2NO2S/c1-8-2-3-13(12(14)4-8)20(18,19)17-11-6-9(15)5-10(16)7-11/h2-7,17H,1H3. The highest BCUT2D eigenvalue weighted by atomic mass is 79.9. The summed E-state index contributed by atoms with van der Waals surface area (Å²) >= 11 is 15.0. The molecule has 0 aliphatic carbocycles. The first-order chi connectivity index (χ1) is 9.28. The average Bonchev–Trinajstić information content (AvgIpc) is 2.25. The van der Waals surface area contributed by atoms with Gasteiger partial charge in [0.15, 0.2) is 0 Å². The van der Waals surface area contributed by atoms with E-state index in [0.29, 0.717) is 20.2 Å². The summed E-state index contributed by atoms with van der Waals surface area (Å²) < 4.78 is 27.6. The summed E-state index contributed by atoms with van der Waals surface area (Å²) in [7, 11) is -3.71. The lowest BCUT2D eigenvalue weighted by Gasteiger charge is -2.10. The van der Waals surface area contributed by atoms with Crippen LogP contribution in [0.4, 0.5) is 5.69 Å². The third kappa shape index (κ3) is 3.67. The fraction of sp³-hybridized carbons (Fsp3) is 0.0769. The molecule has 106 valence electrons. The highest BCUT2D eigenvalue weighted by Gasteiger charge is 2.18. The molecule has 0 bridgehead atoms. The van der Waals surface area contributed by atoms with Crippen LogP contribution < -0.4 is 4.72 Å². The summed E-state index contributed by atoms with van der Waals surface area (Å²) in [6, 6.07) is 9.51. The third-order valence-electron chi connectivity index (χ3n) is 2.49. The van der Waals surface area contributed by atoms with Gasteiger partial charge in [0.25, 0.3) is 10.0 Å². The zero-order chi connectivity index (χ0) is 14.9. The molecular weight excluding hydrogens is 385 g/mol. The number of anilines is 1. The molecular formula is C13H10BrCl2NO2S. The van der Waals surface area contributed by atoms with E-state index < -0.39 is 10.0 Å². The highest BCUT2D eigenvalue weighted by molar-refractivity contribution is 9.10. The Morgan fingerprint density at radius 3 is 2.20 bits per heavy atom. The van der Waals surface area contributed by atoms with Crippen molar-refractivity contribution in [2.45, 2.75) is 11.8 Å². The SMILES string of the molecule is Cc1ccc(S(=O)(=O)Nc2cc(Cl)cc(Cl)c2)c(Br)c1. The van der Waals surface area contributed by atoms with Gasteiger partial charge >= 0.3 is 0 Å². The maximum Gasteiger partial charge on any atom is 0.263 e. The minimum absolute atomic E-state index is 0.152. The summed E-state index contributed by atoms with van der Waals surface area (Å²) in [6.07, 6.45) is 0. The molecule has 7 heteroatoms. The van der Waals surface area contributed by atoms with Crippen LogP contribution in [0.5, 0.6) is 0 Å². The Morgan fingerprint density at radius 2 is 1.65 bits per heavy atom. The first-order valence-electron chi connectivity index (χ1n) is 5.53. The fourth-order valence-electron chi connectivity index (χ4n) is 1.65. The molecule has 0 fully saturated rings. The Morgan fingerprint density at radius 1 is 1.05 bits per heavy atom. The summed E-state index contributed by atoms with van der Waals surface area (Å²) in [5.74, 6) is 0. The molecule has 0 heterocycles. The lowest BCUT2D eigenvalue weighted by Crippen LogP contribution is -2.13. The molecule has 0 saturated heterocycles. The van der Waals surface area contributed by atoms with Gasteiger partial charge in [0, 0.05) is 14.5 Å². The van der Waals surface area contributed by atoms with Crippen molar-refractivity contribution in [3.63, 3.8) is 0 Å². The van der Waals surface area contributed by atoms with E-state index in [-0.39, 0.29) is 4.90 Å². The fourth-order valence-corrected chi connectivity index (χ4v) is 4.41. The van der Waals surface area contributed by atoms with Crippen LogP contribution in [-0.4, -0.2) is 8.42 Å². The Bertz CT molecular complexity index is 743. The first-order valence-corrected chi connectivity index (χ1v) is 8.56. The molecule has 0 aliphatic heterocycles. The molecule has 0 atom stereocenters. The summed E-state index contributed by atoms with van der Waals surface area (Å²) in [5, 5.41) is 0.719. The van der Waals surface area contributed by atoms with Gasteiger partial charge in [0.05, 0.1) is 5.69 Å². The number of sulfonamides is 1. The summed E-state index contributed by atoms with van der Waals surface area (Å²) in [6.45, 7) is 1.88. The Balaban J connectivity index is 2.40. The number of aryl methyl sites for hydroxylation is 1. The van der Waals surface area contributed by atoms with Gasteiger partial charge in [-0.1, -0.05) is 29.3 Å². The van der Waals surface area contributed by atoms with E-state index in [1.807, 2.05) is 6.92 Å². The van der Waals surface area contributed by atoms with Crippen molar-refractivity contribution < 1.29 is 8.42 Å². The van der Waals surface area contributed by atoms with Crippen molar-refractivity contribution in [2.24, 2.45) is 0 Å². The van der Waals surface area contributed by atoms with E-state index in [9.17, 15) is 8.42 Å². The molecule has 0 unspecified atom stereocenters. The van der Waals surface area contributed by atoms with Crippen molar-refractivity contribution in [2.75, 3.05) is 4.72 Å². The van der Waals surface area contributed by atoms with Gasteiger partial charge in [-0.25, -0.2) is 8.42 Å². The number of halogens is 3. The minimum atomic E-state index is -3.71. The van der Waals surface area contributed by atoms with Gasteiger partial charge < -0.3 is 0 Å². The molecule has 1 N–H and O–H groups in total. The second-order valence-electron chi connectivity index (χ2n) is 4.20. The van der Waals surface area contributed by atoms with Crippen LogP contribution in [0.1, 0.15) is 5.56 Å². The van der Waals surface area contributed by atoms with Crippen LogP contribution >= 0.6 is 39.1 Å². The lowest BCUT2D eigenvalue weighted by atomic mass is 10.2. The van der Waals surface area contributed by atoms with Crippen molar-refractivity contribution >= 4 is 54.8 Å². The van der Waals surface area contributed by atoms with Gasteiger partial charge in [-0.3, -0.25) is 4.72 Å². The molecule has 2 rings (SSSR count). The van der Waals surface area contributed by atoms with Gasteiger partial charge in [-0.2, -0.15) is 0 Å². The minimum Gasteiger partial charge on any atom is -0.279 e. The Kier molecular flexibility index (Phi) is 4.64. The van der Waals surface area contributed by atoms with Crippen molar-refractivity contribution in [1.29, 1.82) is 0 Å². The number of benzene rings is 2. The lowest BCUT2D eigenvalue weighted by molar-refractivity contribution is 0.601. The molecule has 2 aromatic carbocycles. The van der Waals surface area contributed by atoms with Crippen LogP contribution in [0.15, 0.2) is 45.8 Å². The van der Waals surface area contributed by atoms with Gasteiger partial charge in [0.1, 0.15) is 4.90 Å². The van der Waals surface area contributed by atoms with E-state index in [2.05, 4.69) is 20.7 Å². The second-order valence-corrected chi connectivity index (χ2v) is 7.58. The second kappa shape index (κ2) is 5.93. The highest BCUT2D eigenvalue weighted by Crippen LogP contribution is 2.28. The van der Waals surface area contributed by atoms with E-state index in [0.717, 1.165) is 5.56 Å². The molecule has 0 spiro atoms. The predicted octanol–water partition coefficient (Wildman–Crippen LogP) is 4.87. The molecule has 0 saturated carbocycles.